The highest BCUT2D eigenvalue weighted by Gasteiger charge is 2.64. The summed E-state index contributed by atoms with van der Waals surface area (Å²) < 4.78 is 83.6. The Balaban J connectivity index is 0.663. The van der Waals surface area contributed by atoms with E-state index >= 15 is 0 Å². The molecule has 0 spiro atoms. The molecule has 37 aliphatic heterocycles. The van der Waals surface area contributed by atoms with Crippen molar-refractivity contribution in [2.24, 2.45) is 0 Å². The first-order valence-electron chi connectivity index (χ1n) is 30.8. The lowest BCUT2D eigenvalue weighted by Crippen LogP contribution is -2.40. The third kappa shape index (κ3) is 6.38. The van der Waals surface area contributed by atoms with E-state index in [0.29, 0.717) is 0 Å². The number of hydrogen-bond donors (Lipinski definition) is 0. The van der Waals surface area contributed by atoms with Crippen molar-refractivity contribution in [2.45, 2.75) is 189 Å². The highest BCUT2D eigenvalue weighted by atomic mass is 16.7. The predicted molar refractivity (Wildman–Crippen MR) is 321 cm³/mol. The maximum Gasteiger partial charge on any atom is 0.494 e. The Kier molecular flexibility index (Phi) is 9.95. The Morgan fingerprint density at radius 2 is 0.345 bits per heavy atom. The van der Waals surface area contributed by atoms with Crippen molar-refractivity contribution in [3.8, 4) is 0 Å². The maximum absolute atomic E-state index is 6.97. The van der Waals surface area contributed by atoms with Crippen LogP contribution < -0.4 is 32.8 Å². The molecule has 49 rings (SSSR count). The summed E-state index contributed by atoms with van der Waals surface area (Å²) in [7, 11) is -3.13. The topological polar surface area (TPSA) is 111 Å². The summed E-state index contributed by atoms with van der Waals surface area (Å²) in [5.74, 6) is 0. The lowest BCUT2D eigenvalue weighted by atomic mass is 9.73. The van der Waals surface area contributed by atoms with Crippen molar-refractivity contribution >= 4 is 75.5 Å². The van der Waals surface area contributed by atoms with E-state index in [2.05, 4.69) is 192 Å². The fourth-order valence-electron chi connectivity index (χ4n) is 18.3. The highest BCUT2D eigenvalue weighted by Crippen LogP contribution is 2.62. The highest BCUT2D eigenvalue weighted by molar-refractivity contribution is 6.65. The van der Waals surface area contributed by atoms with Gasteiger partial charge in [0.15, 0.2) is 0 Å². The first kappa shape index (κ1) is 51.3. The van der Waals surface area contributed by atoms with E-state index in [1.165, 1.54) is 66.8 Å². The number of benzene rings is 6. The predicted octanol–water partition coefficient (Wildman–Crippen LogP) is 6.86. The second-order valence-electron chi connectivity index (χ2n) is 30.1. The van der Waals surface area contributed by atoms with Crippen LogP contribution in [0.5, 0.6) is 0 Å². The molecule has 6 fully saturated rings. The van der Waals surface area contributed by atoms with Crippen LogP contribution >= 0.6 is 0 Å². The molecule has 6 aromatic carbocycles. The molecule has 36 bridgehead atoms. The Bertz CT molecular complexity index is 3240. The average molecular weight is 1120 g/mol. The van der Waals surface area contributed by atoms with Crippen molar-refractivity contribution in [3.05, 3.63) is 176 Å². The zero-order chi connectivity index (χ0) is 57.0. The van der Waals surface area contributed by atoms with Crippen LogP contribution in [0.15, 0.2) is 109 Å². The van der Waals surface area contributed by atoms with Gasteiger partial charge in [-0.3, -0.25) is 0 Å². The van der Waals surface area contributed by atoms with Crippen molar-refractivity contribution in [1.29, 1.82) is 0 Å². The Labute approximate surface area is 493 Å². The van der Waals surface area contributed by atoms with Gasteiger partial charge >= 0.3 is 42.7 Å². The molecule has 12 unspecified atom stereocenters. The first-order valence-corrected chi connectivity index (χ1v) is 30.8. The molecular formula is C66H66B6O12. The second-order valence-corrected chi connectivity index (χ2v) is 30.1. The van der Waals surface area contributed by atoms with Crippen LogP contribution in [0.1, 0.15) is 186 Å². The van der Waals surface area contributed by atoms with Gasteiger partial charge in [-0.2, -0.15) is 0 Å². The molecule has 18 heteroatoms. The molecule has 0 N–H and O–H groups in total. The van der Waals surface area contributed by atoms with Gasteiger partial charge in [-0.25, -0.2) is 0 Å². The molecular weight excluding hydrogens is 1050 g/mol. The van der Waals surface area contributed by atoms with E-state index in [0.717, 1.165) is 32.8 Å². The summed E-state index contributed by atoms with van der Waals surface area (Å²) in [5.41, 5.74) is 18.4. The lowest BCUT2D eigenvalue weighted by Gasteiger charge is -2.28. The third-order valence-electron chi connectivity index (χ3n) is 23.3. The minimum absolute atomic E-state index is 0.171. The van der Waals surface area contributed by atoms with Gasteiger partial charge in [0.2, 0.25) is 0 Å². The molecule has 0 radical (unpaired) electrons. The molecule has 420 valence electrons. The summed E-state index contributed by atoms with van der Waals surface area (Å²) in [5, 5.41) is 0. The van der Waals surface area contributed by atoms with Gasteiger partial charge in [0, 0.05) is 32.5 Å². The summed E-state index contributed by atoms with van der Waals surface area (Å²) in [6.07, 6.45) is -2.36. The van der Waals surface area contributed by atoms with Crippen LogP contribution in [0, 0.1) is 0 Å². The van der Waals surface area contributed by atoms with Crippen molar-refractivity contribution in [3.63, 3.8) is 0 Å². The smallest absolute Gasteiger partial charge is 0.401 e. The minimum Gasteiger partial charge on any atom is -0.401 e. The fraction of sp³-hybridized carbons (Fsp3) is 0.455. The van der Waals surface area contributed by atoms with Crippen LogP contribution in [-0.2, 0) is 88.3 Å². The van der Waals surface area contributed by atoms with Crippen molar-refractivity contribution in [2.75, 3.05) is 0 Å². The molecule has 6 aliphatic carbocycles. The molecule has 84 heavy (non-hydrogen) atoms. The summed E-state index contributed by atoms with van der Waals surface area (Å²) in [6.45, 7) is 27.4. The van der Waals surface area contributed by atoms with E-state index in [9.17, 15) is 0 Å². The van der Waals surface area contributed by atoms with E-state index < -0.39 is 42.7 Å². The summed E-state index contributed by atoms with van der Waals surface area (Å²) >= 11 is 0. The standard InChI is InChI=1S/C66H66B6O12/c1-61(2)43-25-38-44-26-37(43)49-55(61)79-67(73-49)31-13-15-32(16-14-31)69-75-51-39-27-46-40(28-45(39)63(5,6)57(51)81-69)53-59(64(46,7)8)83-71(77-53)35-21-23-36(24-22-35)72-78-54-42-30-47-41(29-48(42)66(11,12)60(54)84-72)52-58(65(47,9)10)82-70(76-52)34-19-17-33(18-20-34)68-74-50(38)56(80-68)62(44,3)4/h13-30,49-60H,1-12H3. The molecule has 43 aliphatic rings. The second kappa shape index (κ2) is 16.3. The SMILES string of the molecule is CC1(C)c2cc3c4cc2C2OB(OC21)c1ccc(cc1)B1OC2c5cc6c(cc5C(C)(C)C2O1)C1OB(OC1C6(C)C)c1ccc(cc1)B1OC2c5cc6c(cc5C(C)(C)C2O1)C1OB(OC1C6(C)C)c1ccc(cc1)B1OC3C(O1)C4(C)C. The van der Waals surface area contributed by atoms with Crippen LogP contribution in [0.4, 0.5) is 0 Å². The molecule has 0 amide bonds. The van der Waals surface area contributed by atoms with Crippen LogP contribution in [-0.4, -0.2) is 79.3 Å². The van der Waals surface area contributed by atoms with Crippen LogP contribution in [0.3, 0.4) is 0 Å². The van der Waals surface area contributed by atoms with Gasteiger partial charge in [-0.15, -0.1) is 0 Å². The average Bonchev–Trinajstić information content (AvgIpc) is 1.87. The third-order valence-corrected chi connectivity index (χ3v) is 23.3. The lowest BCUT2D eigenvalue weighted by molar-refractivity contribution is 0.113. The van der Waals surface area contributed by atoms with E-state index in [4.69, 9.17) is 55.9 Å². The molecule has 6 saturated heterocycles. The van der Waals surface area contributed by atoms with Gasteiger partial charge in [-0.1, -0.05) is 192 Å². The Hall–Kier alpha value is -4.77. The maximum atomic E-state index is 6.97. The van der Waals surface area contributed by atoms with Gasteiger partial charge in [0.1, 0.15) is 0 Å². The van der Waals surface area contributed by atoms with Crippen LogP contribution in [0.2, 0.25) is 0 Å². The quantitative estimate of drug-likeness (QED) is 0.148. The van der Waals surface area contributed by atoms with E-state index in [1.807, 2.05) is 0 Å². The number of hydrogen-bond acceptors (Lipinski definition) is 12. The zero-order valence-electron chi connectivity index (χ0n) is 49.7. The molecule has 0 saturated carbocycles. The zero-order valence-corrected chi connectivity index (χ0v) is 49.7. The molecule has 12 atom stereocenters. The van der Waals surface area contributed by atoms with Gasteiger partial charge in [-0.05, 0) is 99.5 Å². The minimum atomic E-state index is -0.522. The van der Waals surface area contributed by atoms with Crippen molar-refractivity contribution in [1.82, 2.24) is 0 Å². The largest absolute Gasteiger partial charge is 0.494 e. The van der Waals surface area contributed by atoms with Gasteiger partial charge in [0.05, 0.1) is 73.2 Å². The molecule has 12 nitrogen and oxygen atoms in total. The van der Waals surface area contributed by atoms with Gasteiger partial charge in [0.25, 0.3) is 0 Å². The summed E-state index contributed by atoms with van der Waals surface area (Å²) in [6, 6.07) is 39.6. The molecule has 6 aromatic rings. The number of rotatable bonds is 0. The monoisotopic (exact) mass is 1120 g/mol. The Morgan fingerprint density at radius 1 is 0.214 bits per heavy atom. The molecule has 37 heterocycles. The van der Waals surface area contributed by atoms with Gasteiger partial charge < -0.3 is 55.9 Å². The van der Waals surface area contributed by atoms with E-state index in [1.54, 1.807) is 0 Å². The Morgan fingerprint density at radius 3 is 0.476 bits per heavy atom. The van der Waals surface area contributed by atoms with E-state index in [-0.39, 0.29) is 106 Å². The normalized spacial score (nSPS) is 34.3. The summed E-state index contributed by atoms with van der Waals surface area (Å²) in [4.78, 5) is 0. The molecule has 0 aromatic heterocycles. The van der Waals surface area contributed by atoms with Crippen molar-refractivity contribution < 1.29 is 55.9 Å². The first-order chi connectivity index (χ1) is 40.1. The van der Waals surface area contributed by atoms with Crippen LogP contribution in [0.25, 0.3) is 0 Å². The fourth-order valence-corrected chi connectivity index (χ4v) is 18.3.